The number of rotatable bonds is 8. The van der Waals surface area contributed by atoms with Crippen LogP contribution in [0.5, 0.6) is 0 Å². The first-order valence-electron chi connectivity index (χ1n) is 8.09. The number of aryl methyl sites for hydroxylation is 2. The summed E-state index contributed by atoms with van der Waals surface area (Å²) in [6.45, 7) is 3.66. The van der Waals surface area contributed by atoms with Crippen molar-refractivity contribution in [2.45, 2.75) is 18.2 Å². The second kappa shape index (κ2) is 9.45. The molecule has 28 heavy (non-hydrogen) atoms. The average Bonchev–Trinajstić information content (AvgIpc) is 3.02. The Hall–Kier alpha value is -2.02. The molecule has 0 radical (unpaired) electrons. The number of carbonyl (C=O) groups excluding carboxylic acids is 2. The van der Waals surface area contributed by atoms with Gasteiger partial charge in [0.15, 0.2) is 4.34 Å². The second-order valence-corrected chi connectivity index (χ2v) is 10.4. The van der Waals surface area contributed by atoms with Crippen molar-refractivity contribution in [2.24, 2.45) is 0 Å². The first-order valence-corrected chi connectivity index (χ1v) is 11.7. The van der Waals surface area contributed by atoms with Crippen molar-refractivity contribution in [2.75, 3.05) is 36.2 Å². The average molecular weight is 444 g/mol. The van der Waals surface area contributed by atoms with E-state index in [1.54, 1.807) is 0 Å². The van der Waals surface area contributed by atoms with E-state index < -0.39 is 15.9 Å². The topological polar surface area (TPSA) is 121 Å². The van der Waals surface area contributed by atoms with E-state index in [2.05, 4.69) is 20.8 Å². The third-order valence-electron chi connectivity index (χ3n) is 3.70. The van der Waals surface area contributed by atoms with E-state index in [4.69, 9.17) is 0 Å². The van der Waals surface area contributed by atoms with Crippen LogP contribution in [0.2, 0.25) is 0 Å². The van der Waals surface area contributed by atoms with Crippen LogP contribution in [0.15, 0.2) is 22.5 Å². The molecule has 1 aromatic carbocycles. The summed E-state index contributed by atoms with van der Waals surface area (Å²) in [6.07, 6.45) is 1.02. The lowest BCUT2D eigenvalue weighted by Gasteiger charge is -2.12. The van der Waals surface area contributed by atoms with Crippen LogP contribution in [0.25, 0.3) is 0 Å². The van der Waals surface area contributed by atoms with Gasteiger partial charge in [-0.2, -0.15) is 4.31 Å². The van der Waals surface area contributed by atoms with Crippen molar-refractivity contribution in [3.63, 3.8) is 0 Å². The van der Waals surface area contributed by atoms with Gasteiger partial charge in [0.05, 0.1) is 18.6 Å². The largest absolute Gasteiger partial charge is 0.325 e. The fourth-order valence-electron chi connectivity index (χ4n) is 1.94. The Morgan fingerprint density at radius 1 is 1.14 bits per heavy atom. The number of likely N-dealkylation sites (N-methyl/N-ethyl adjacent to an activating group) is 1. The summed E-state index contributed by atoms with van der Waals surface area (Å²) >= 11 is 2.31. The van der Waals surface area contributed by atoms with Gasteiger partial charge in [-0.15, -0.1) is 10.2 Å². The summed E-state index contributed by atoms with van der Waals surface area (Å²) in [6, 6.07) is 5.69. The molecule has 2 rings (SSSR count). The number of anilines is 2. The van der Waals surface area contributed by atoms with Crippen molar-refractivity contribution in [3.05, 3.63) is 29.3 Å². The van der Waals surface area contributed by atoms with E-state index in [1.807, 2.05) is 32.0 Å². The molecule has 152 valence electrons. The number of nitrogens with zero attached hydrogens (tertiary/aromatic N) is 3. The van der Waals surface area contributed by atoms with Crippen LogP contribution < -0.4 is 10.6 Å². The third kappa shape index (κ3) is 6.86. The summed E-state index contributed by atoms with van der Waals surface area (Å²) in [5.74, 6) is -0.552. The highest BCUT2D eigenvalue weighted by Gasteiger charge is 2.17. The summed E-state index contributed by atoms with van der Waals surface area (Å²) < 4.78 is 24.1. The van der Waals surface area contributed by atoms with Gasteiger partial charge in [-0.3, -0.25) is 14.9 Å². The summed E-state index contributed by atoms with van der Waals surface area (Å²) in [5.41, 5.74) is 2.98. The Labute approximate surface area is 172 Å². The summed E-state index contributed by atoms with van der Waals surface area (Å²) in [5, 5.41) is 13.3. The predicted octanol–water partition coefficient (Wildman–Crippen LogP) is 1.72. The second-order valence-electron chi connectivity index (χ2n) is 6.08. The zero-order valence-electron chi connectivity index (χ0n) is 15.8. The van der Waals surface area contributed by atoms with Gasteiger partial charge >= 0.3 is 0 Å². The number of aromatic nitrogens is 2. The molecular weight excluding hydrogens is 422 g/mol. The highest BCUT2D eigenvalue weighted by molar-refractivity contribution is 8.01. The van der Waals surface area contributed by atoms with Crippen LogP contribution in [0.3, 0.4) is 0 Å². The van der Waals surface area contributed by atoms with E-state index in [0.717, 1.165) is 38.7 Å². The molecule has 9 nitrogen and oxygen atoms in total. The standard InChI is InChI=1S/C16H21N5O4S3/c1-10-5-6-12(7-11(10)2)17-14(23)9-26-16-20-19-15(27-16)18-13(22)8-21(3)28(4,24)25/h5-7H,8-9H2,1-4H3,(H,17,23)(H,18,19,22). The molecule has 0 fully saturated rings. The minimum absolute atomic E-state index is 0.145. The SMILES string of the molecule is Cc1ccc(NC(=O)CSc2nnc(NC(=O)CN(C)S(C)(=O)=O)s2)cc1C. The highest BCUT2D eigenvalue weighted by Crippen LogP contribution is 2.25. The molecule has 12 heteroatoms. The fraction of sp³-hybridized carbons (Fsp3) is 0.375. The molecular formula is C16H21N5O4S3. The number of hydrogen-bond acceptors (Lipinski definition) is 8. The van der Waals surface area contributed by atoms with Crippen LogP contribution in [0.4, 0.5) is 10.8 Å². The number of sulfonamides is 1. The molecule has 2 aromatic rings. The van der Waals surface area contributed by atoms with Gasteiger partial charge in [-0.25, -0.2) is 8.42 Å². The maximum atomic E-state index is 12.1. The smallest absolute Gasteiger partial charge is 0.241 e. The molecule has 1 aromatic heterocycles. The number of nitrogens with one attached hydrogen (secondary N) is 2. The zero-order valence-corrected chi connectivity index (χ0v) is 18.3. The van der Waals surface area contributed by atoms with Crippen LogP contribution in [0.1, 0.15) is 11.1 Å². The van der Waals surface area contributed by atoms with Crippen LogP contribution in [-0.2, 0) is 19.6 Å². The molecule has 2 amide bonds. The minimum atomic E-state index is -3.44. The molecule has 1 heterocycles. The van der Waals surface area contributed by atoms with Gasteiger partial charge in [-0.1, -0.05) is 29.2 Å². The van der Waals surface area contributed by atoms with Gasteiger partial charge in [-0.05, 0) is 37.1 Å². The van der Waals surface area contributed by atoms with Gasteiger partial charge in [0.2, 0.25) is 27.0 Å². The van der Waals surface area contributed by atoms with E-state index >= 15 is 0 Å². The van der Waals surface area contributed by atoms with Crippen molar-refractivity contribution < 1.29 is 18.0 Å². The first-order chi connectivity index (χ1) is 13.0. The normalized spacial score (nSPS) is 11.5. The Morgan fingerprint density at radius 2 is 1.86 bits per heavy atom. The molecule has 0 aliphatic carbocycles. The van der Waals surface area contributed by atoms with E-state index in [1.165, 1.54) is 18.8 Å². The summed E-state index contributed by atoms with van der Waals surface area (Å²) in [7, 11) is -2.13. The zero-order chi connectivity index (χ0) is 20.9. The van der Waals surface area contributed by atoms with Gasteiger partial charge < -0.3 is 5.32 Å². The quantitative estimate of drug-likeness (QED) is 0.470. The molecule has 0 aliphatic rings. The van der Waals surface area contributed by atoms with Gasteiger partial charge in [0.25, 0.3) is 0 Å². The lowest BCUT2D eigenvalue weighted by molar-refractivity contribution is -0.116. The first kappa shape index (κ1) is 22.3. The number of benzene rings is 1. The fourth-order valence-corrected chi connectivity index (χ4v) is 3.86. The molecule has 0 unspecified atom stereocenters. The van der Waals surface area contributed by atoms with E-state index in [9.17, 15) is 18.0 Å². The van der Waals surface area contributed by atoms with Gasteiger partial charge in [0, 0.05) is 12.7 Å². The Morgan fingerprint density at radius 3 is 2.50 bits per heavy atom. The van der Waals surface area contributed by atoms with Crippen LogP contribution in [-0.4, -0.2) is 60.3 Å². The van der Waals surface area contributed by atoms with Gasteiger partial charge in [0.1, 0.15) is 0 Å². The summed E-state index contributed by atoms with van der Waals surface area (Å²) in [4.78, 5) is 23.9. The maximum Gasteiger partial charge on any atom is 0.241 e. The number of amides is 2. The van der Waals surface area contributed by atoms with Crippen LogP contribution >= 0.6 is 23.1 Å². The number of hydrogen-bond donors (Lipinski definition) is 2. The molecule has 2 N–H and O–H groups in total. The van der Waals surface area contributed by atoms with E-state index in [-0.39, 0.29) is 23.3 Å². The lowest BCUT2D eigenvalue weighted by atomic mass is 10.1. The number of carbonyl (C=O) groups is 2. The maximum absolute atomic E-state index is 12.1. The third-order valence-corrected chi connectivity index (χ3v) is 6.94. The van der Waals surface area contributed by atoms with Crippen molar-refractivity contribution in [1.82, 2.24) is 14.5 Å². The molecule has 0 saturated heterocycles. The van der Waals surface area contributed by atoms with Crippen molar-refractivity contribution in [3.8, 4) is 0 Å². The predicted molar refractivity (Wildman–Crippen MR) is 111 cm³/mol. The Kier molecular flexibility index (Phi) is 7.52. The molecule has 0 saturated carbocycles. The monoisotopic (exact) mass is 443 g/mol. The minimum Gasteiger partial charge on any atom is -0.325 e. The Bertz CT molecular complexity index is 974. The molecule has 0 aliphatic heterocycles. The number of thioether (sulfide) groups is 1. The molecule has 0 bridgehead atoms. The molecule has 0 spiro atoms. The van der Waals surface area contributed by atoms with E-state index in [0.29, 0.717) is 4.34 Å². The van der Waals surface area contributed by atoms with Crippen LogP contribution in [0, 0.1) is 13.8 Å². The Balaban J connectivity index is 1.83. The lowest BCUT2D eigenvalue weighted by Crippen LogP contribution is -2.34. The highest BCUT2D eigenvalue weighted by atomic mass is 32.2. The van der Waals surface area contributed by atoms with Crippen molar-refractivity contribution >= 4 is 55.8 Å². The van der Waals surface area contributed by atoms with Crippen molar-refractivity contribution in [1.29, 1.82) is 0 Å². The molecule has 0 atom stereocenters.